The van der Waals surface area contributed by atoms with Gasteiger partial charge >= 0.3 is 0 Å². The van der Waals surface area contributed by atoms with Gasteiger partial charge in [0.25, 0.3) is 0 Å². The molecule has 0 saturated carbocycles. The molecule has 4 aliphatic rings. The van der Waals surface area contributed by atoms with Crippen LogP contribution < -0.4 is 10.1 Å². The molecule has 324 valence electrons. The molecule has 6 heterocycles. The number of imidazole rings is 2. The SMILES string of the molecule is CCN[C@@H](C(=O)N1CCC[C@H]1c1ncc(-c2ccc3c(c2)cc2n3COc3cc(-c4cnc([C@@H]5CCCN5C(=O)[C@@H](C5=CC=CCC5)N(CC)CC)[nH]4)ccc3-2)[nH]1)c1ccccc1. The minimum Gasteiger partial charge on any atom is -0.472 e. The molecule has 1 aliphatic carbocycles. The highest BCUT2D eigenvalue weighted by Gasteiger charge is 2.39. The summed E-state index contributed by atoms with van der Waals surface area (Å²) in [7, 11) is 0. The maximum atomic E-state index is 14.4. The quantitative estimate of drug-likeness (QED) is 0.106. The number of rotatable bonds is 13. The molecule has 3 aromatic heterocycles. The summed E-state index contributed by atoms with van der Waals surface area (Å²) in [4.78, 5) is 51.6. The summed E-state index contributed by atoms with van der Waals surface area (Å²) in [6, 6.07) is 24.2. The fraction of sp³-hybridized carbons (Fsp3) is 0.373. The van der Waals surface area contributed by atoms with E-state index in [-0.39, 0.29) is 29.9 Å². The second-order valence-corrected chi connectivity index (χ2v) is 17.2. The predicted molar refractivity (Wildman–Crippen MR) is 247 cm³/mol. The van der Waals surface area contributed by atoms with Crippen LogP contribution in [0.15, 0.2) is 109 Å². The van der Waals surface area contributed by atoms with E-state index in [1.54, 1.807) is 0 Å². The van der Waals surface area contributed by atoms with Crippen LogP contribution >= 0.6 is 0 Å². The number of hydrogen-bond donors (Lipinski definition) is 3. The van der Waals surface area contributed by atoms with Crippen LogP contribution in [0.1, 0.15) is 94.6 Å². The number of likely N-dealkylation sites (N-methyl/N-ethyl adjacent to an activating group) is 2. The molecule has 4 atom stereocenters. The van der Waals surface area contributed by atoms with Gasteiger partial charge in [0.05, 0.1) is 47.1 Å². The molecule has 12 nitrogen and oxygen atoms in total. The smallest absolute Gasteiger partial charge is 0.244 e. The molecule has 2 fully saturated rings. The minimum atomic E-state index is -0.391. The summed E-state index contributed by atoms with van der Waals surface area (Å²) in [5.74, 6) is 2.75. The highest BCUT2D eigenvalue weighted by Crippen LogP contribution is 2.42. The zero-order valence-electron chi connectivity index (χ0n) is 36.5. The first kappa shape index (κ1) is 40.8. The lowest BCUT2D eigenvalue weighted by atomic mass is 9.95. The van der Waals surface area contributed by atoms with Gasteiger partial charge in [-0.05, 0) is 99.6 Å². The normalized spacial score (nSPS) is 19.3. The van der Waals surface area contributed by atoms with E-state index in [1.165, 1.54) is 5.57 Å². The fourth-order valence-corrected chi connectivity index (χ4v) is 10.4. The Balaban J connectivity index is 0.863. The molecule has 2 saturated heterocycles. The fourth-order valence-electron chi connectivity index (χ4n) is 10.4. The van der Waals surface area contributed by atoms with E-state index >= 15 is 0 Å². The van der Waals surface area contributed by atoms with Crippen molar-refractivity contribution < 1.29 is 14.3 Å². The van der Waals surface area contributed by atoms with Gasteiger partial charge in [-0.25, -0.2) is 9.97 Å². The van der Waals surface area contributed by atoms with Gasteiger partial charge in [0.2, 0.25) is 11.8 Å². The lowest BCUT2D eigenvalue weighted by Gasteiger charge is -2.36. The van der Waals surface area contributed by atoms with Gasteiger partial charge in [0, 0.05) is 35.2 Å². The molecule has 2 amide bonds. The van der Waals surface area contributed by atoms with Gasteiger partial charge in [0.15, 0.2) is 6.73 Å². The van der Waals surface area contributed by atoms with Gasteiger partial charge in [-0.15, -0.1) is 0 Å². The van der Waals surface area contributed by atoms with Crippen LogP contribution in [-0.4, -0.2) is 89.8 Å². The zero-order chi connectivity index (χ0) is 43.0. The van der Waals surface area contributed by atoms with Gasteiger partial charge in [-0.1, -0.05) is 81.5 Å². The van der Waals surface area contributed by atoms with Gasteiger partial charge in [0.1, 0.15) is 29.5 Å². The third kappa shape index (κ3) is 7.59. The number of amides is 2. The second kappa shape index (κ2) is 17.5. The third-order valence-corrected chi connectivity index (χ3v) is 13.6. The number of aromatic amines is 2. The highest BCUT2D eigenvalue weighted by atomic mass is 16.5. The number of aromatic nitrogens is 5. The van der Waals surface area contributed by atoms with Gasteiger partial charge < -0.3 is 34.4 Å². The van der Waals surface area contributed by atoms with E-state index in [9.17, 15) is 9.59 Å². The van der Waals surface area contributed by atoms with Crippen LogP contribution in [-0.2, 0) is 16.3 Å². The summed E-state index contributed by atoms with van der Waals surface area (Å²) in [5.41, 5.74) is 9.28. The average molecular weight is 844 g/mol. The molecule has 6 aromatic rings. The lowest BCUT2D eigenvalue weighted by Crippen LogP contribution is -2.49. The Labute approximate surface area is 369 Å². The van der Waals surface area contributed by atoms with Crippen LogP contribution in [0, 0.1) is 0 Å². The first-order chi connectivity index (χ1) is 30.9. The number of ether oxygens (including phenoxy) is 1. The molecular formula is C51H57N9O3. The first-order valence-corrected chi connectivity index (χ1v) is 22.9. The number of allylic oxidation sites excluding steroid dienone is 3. The van der Waals surface area contributed by atoms with Gasteiger partial charge in [-0.2, -0.15) is 0 Å². The third-order valence-electron chi connectivity index (χ3n) is 13.6. The van der Waals surface area contributed by atoms with Gasteiger partial charge in [-0.3, -0.25) is 14.5 Å². The largest absolute Gasteiger partial charge is 0.472 e. The number of hydrogen-bond acceptors (Lipinski definition) is 7. The Morgan fingerprint density at radius 1 is 0.841 bits per heavy atom. The summed E-state index contributed by atoms with van der Waals surface area (Å²) >= 11 is 0. The number of likely N-dealkylation sites (tertiary alicyclic amines) is 2. The topological polar surface area (TPSA) is 127 Å². The number of carbonyl (C=O) groups is 2. The van der Waals surface area contributed by atoms with Crippen molar-refractivity contribution in [2.75, 3.05) is 32.7 Å². The molecule has 12 heteroatoms. The molecule has 0 spiro atoms. The number of nitrogens with one attached hydrogen (secondary N) is 3. The summed E-state index contributed by atoms with van der Waals surface area (Å²) < 4.78 is 8.66. The maximum Gasteiger partial charge on any atom is 0.244 e. The molecule has 10 rings (SSSR count). The van der Waals surface area contributed by atoms with Crippen LogP contribution in [0.2, 0.25) is 0 Å². The van der Waals surface area contributed by atoms with E-state index in [1.807, 2.05) is 54.5 Å². The van der Waals surface area contributed by atoms with Crippen molar-refractivity contribution in [3.05, 3.63) is 126 Å². The zero-order valence-corrected chi connectivity index (χ0v) is 36.5. The Kier molecular flexibility index (Phi) is 11.3. The van der Waals surface area contributed by atoms with Crippen molar-refractivity contribution in [1.29, 1.82) is 0 Å². The molecule has 0 bridgehead atoms. The van der Waals surface area contributed by atoms with Crippen molar-refractivity contribution in [2.45, 2.75) is 90.2 Å². The highest BCUT2D eigenvalue weighted by molar-refractivity contribution is 5.92. The number of carbonyl (C=O) groups excluding carboxylic acids is 2. The van der Waals surface area contributed by atoms with Crippen molar-refractivity contribution in [2.24, 2.45) is 0 Å². The van der Waals surface area contributed by atoms with Crippen LogP contribution in [0.3, 0.4) is 0 Å². The number of nitrogens with zero attached hydrogens (tertiary/aromatic N) is 6. The average Bonchev–Trinajstić information content (AvgIpc) is 4.19. The van der Waals surface area contributed by atoms with Crippen molar-refractivity contribution >= 4 is 22.7 Å². The standard InChI is InChI=1S/C51H57N9O3/c1-4-52-46(33-15-9-7-10-16-33)50(61)58-25-13-19-42(58)48-53-30-39(55-48)35-22-24-41-37(27-35)28-44-38-23-21-36(29-45(38)63-32-60(41)44)40-31-54-49(56-40)43-20-14-26-59(43)51(62)47(57(5-2)6-3)34-17-11-8-12-18-34/h7-11,15-17,21-24,27-31,42-43,46-47,52H,4-6,12-14,18-20,25-26,32H2,1-3H3,(H,53,55)(H,54,56)/t42-,43-,46+,47+/m0/s1. The summed E-state index contributed by atoms with van der Waals surface area (Å²) in [6.07, 6.45) is 15.8. The van der Waals surface area contributed by atoms with Crippen molar-refractivity contribution in [1.82, 2.24) is 44.5 Å². The van der Waals surface area contributed by atoms with Crippen LogP contribution in [0.25, 0.3) is 44.7 Å². The Morgan fingerprint density at radius 3 is 2.19 bits per heavy atom. The number of H-pyrrole nitrogens is 2. The molecule has 3 aliphatic heterocycles. The van der Waals surface area contributed by atoms with E-state index < -0.39 is 6.04 Å². The van der Waals surface area contributed by atoms with Crippen LogP contribution in [0.5, 0.6) is 5.75 Å². The maximum absolute atomic E-state index is 14.4. The summed E-state index contributed by atoms with van der Waals surface area (Å²) in [6.45, 7) is 10.5. The van der Waals surface area contributed by atoms with E-state index in [0.717, 1.165) is 126 Å². The van der Waals surface area contributed by atoms with Crippen LogP contribution in [0.4, 0.5) is 0 Å². The summed E-state index contributed by atoms with van der Waals surface area (Å²) in [5, 5.41) is 4.52. The first-order valence-electron chi connectivity index (χ1n) is 22.9. The van der Waals surface area contributed by atoms with E-state index in [0.29, 0.717) is 19.8 Å². The Bertz CT molecular complexity index is 2690. The van der Waals surface area contributed by atoms with E-state index in [2.05, 4.69) is 104 Å². The molecular weight excluding hydrogens is 787 g/mol. The Morgan fingerprint density at radius 2 is 1.52 bits per heavy atom. The minimum absolute atomic E-state index is 0.0856. The molecule has 0 radical (unpaired) electrons. The Hall–Kier alpha value is -6.24. The predicted octanol–water partition coefficient (Wildman–Crippen LogP) is 9.10. The number of fused-ring (bicyclic) bond motifs is 5. The monoisotopic (exact) mass is 843 g/mol. The van der Waals surface area contributed by atoms with Crippen molar-refractivity contribution in [3.63, 3.8) is 0 Å². The van der Waals surface area contributed by atoms with E-state index in [4.69, 9.17) is 14.7 Å². The second-order valence-electron chi connectivity index (χ2n) is 17.2. The number of benzene rings is 3. The van der Waals surface area contributed by atoms with Crippen molar-refractivity contribution in [3.8, 4) is 39.5 Å². The molecule has 63 heavy (non-hydrogen) atoms. The molecule has 3 N–H and O–H groups in total. The molecule has 3 aromatic carbocycles. The lowest BCUT2D eigenvalue weighted by molar-refractivity contribution is -0.137. The molecule has 0 unspecified atom stereocenters.